The van der Waals surface area contributed by atoms with Crippen LogP contribution in [0.5, 0.6) is 5.75 Å². The lowest BCUT2D eigenvalue weighted by molar-refractivity contribution is 0.0405. The number of aromatic nitrogens is 1. The Morgan fingerprint density at radius 1 is 1.09 bits per heavy atom. The lowest BCUT2D eigenvalue weighted by atomic mass is 10.1. The first kappa shape index (κ1) is 24.4. The predicted molar refractivity (Wildman–Crippen MR) is 121 cm³/mol. The molecule has 0 aliphatic rings. The first-order chi connectivity index (χ1) is 16.5. The number of anilines is 1. The summed E-state index contributed by atoms with van der Waals surface area (Å²) in [7, 11) is 0. The van der Waals surface area contributed by atoms with Gasteiger partial charge in [0.05, 0.1) is 48.3 Å². The molecule has 0 atom stereocenters. The van der Waals surface area contributed by atoms with Crippen LogP contribution in [0.25, 0.3) is 11.3 Å². The summed E-state index contributed by atoms with van der Waals surface area (Å²) in [6, 6.07) is 14.3. The van der Waals surface area contributed by atoms with Crippen molar-refractivity contribution in [3.8, 4) is 23.1 Å². The standard InChI is InChI=1S/C24H23N3O7/c1-2-31-9-10-32-11-12-33-21-6-4-3-5-17(21)22-14-20(27-34-22)23(28)26-19-8-7-16(15-25)13-18(19)24(29)30/h3-8,13-14H,2,9-12H2,1H3,(H,26,28)(H,29,30). The number of rotatable bonds is 12. The molecule has 0 aliphatic heterocycles. The third kappa shape index (κ3) is 6.41. The monoisotopic (exact) mass is 465 g/mol. The molecule has 3 aromatic rings. The molecule has 1 aromatic heterocycles. The minimum absolute atomic E-state index is 0.0362. The second-order valence-electron chi connectivity index (χ2n) is 6.86. The molecule has 1 heterocycles. The minimum atomic E-state index is -1.28. The van der Waals surface area contributed by atoms with E-state index in [-0.39, 0.29) is 22.5 Å². The SMILES string of the molecule is CCOCCOCCOc1ccccc1-c1cc(C(=O)Nc2ccc(C#N)cc2C(=O)O)no1. The molecule has 0 fully saturated rings. The van der Waals surface area contributed by atoms with E-state index in [0.29, 0.717) is 50.1 Å². The van der Waals surface area contributed by atoms with Crippen LogP contribution in [0, 0.1) is 11.3 Å². The van der Waals surface area contributed by atoms with E-state index in [4.69, 9.17) is 24.0 Å². The fraction of sp³-hybridized carbons (Fsp3) is 0.250. The normalized spacial score (nSPS) is 10.5. The maximum atomic E-state index is 12.6. The van der Waals surface area contributed by atoms with Crippen molar-refractivity contribution in [2.45, 2.75) is 6.92 Å². The molecule has 0 saturated heterocycles. The molecule has 34 heavy (non-hydrogen) atoms. The molecule has 0 radical (unpaired) electrons. The number of nitriles is 1. The van der Waals surface area contributed by atoms with Gasteiger partial charge in [-0.15, -0.1) is 0 Å². The Morgan fingerprint density at radius 2 is 1.85 bits per heavy atom. The Morgan fingerprint density at radius 3 is 2.62 bits per heavy atom. The number of carbonyl (C=O) groups excluding carboxylic acids is 1. The number of nitrogens with one attached hydrogen (secondary N) is 1. The Kier molecular flexibility index (Phi) is 8.73. The number of aromatic carboxylic acids is 1. The van der Waals surface area contributed by atoms with Crippen LogP contribution in [0.15, 0.2) is 53.1 Å². The number of hydrogen-bond acceptors (Lipinski definition) is 8. The highest BCUT2D eigenvalue weighted by molar-refractivity contribution is 6.07. The molecule has 176 valence electrons. The van der Waals surface area contributed by atoms with E-state index in [0.717, 1.165) is 0 Å². The zero-order chi connectivity index (χ0) is 24.3. The van der Waals surface area contributed by atoms with Crippen LogP contribution in [-0.4, -0.2) is 55.2 Å². The summed E-state index contributed by atoms with van der Waals surface area (Å²) >= 11 is 0. The van der Waals surface area contributed by atoms with Crippen molar-refractivity contribution in [3.63, 3.8) is 0 Å². The minimum Gasteiger partial charge on any atom is -0.490 e. The molecule has 10 nitrogen and oxygen atoms in total. The maximum absolute atomic E-state index is 12.6. The molecule has 10 heteroatoms. The van der Waals surface area contributed by atoms with Crippen LogP contribution in [0.4, 0.5) is 5.69 Å². The number of ether oxygens (including phenoxy) is 3. The number of hydrogen-bond donors (Lipinski definition) is 2. The van der Waals surface area contributed by atoms with Gasteiger partial charge in [-0.05, 0) is 37.3 Å². The Balaban J connectivity index is 1.67. The summed E-state index contributed by atoms with van der Waals surface area (Å²) in [5.41, 5.74) is 0.528. The Bertz CT molecular complexity index is 1180. The number of para-hydroxylation sites is 1. The van der Waals surface area contributed by atoms with Gasteiger partial charge in [0.25, 0.3) is 5.91 Å². The van der Waals surface area contributed by atoms with E-state index in [2.05, 4.69) is 10.5 Å². The first-order valence-corrected chi connectivity index (χ1v) is 10.5. The summed E-state index contributed by atoms with van der Waals surface area (Å²) < 4.78 is 21.8. The van der Waals surface area contributed by atoms with Crippen LogP contribution in [0.1, 0.15) is 33.3 Å². The number of carboxylic acids is 1. The van der Waals surface area contributed by atoms with Gasteiger partial charge in [-0.1, -0.05) is 17.3 Å². The van der Waals surface area contributed by atoms with Gasteiger partial charge in [0.2, 0.25) is 0 Å². The van der Waals surface area contributed by atoms with E-state index >= 15 is 0 Å². The summed E-state index contributed by atoms with van der Waals surface area (Å²) in [4.78, 5) is 24.1. The van der Waals surface area contributed by atoms with Crippen LogP contribution in [-0.2, 0) is 9.47 Å². The summed E-state index contributed by atoms with van der Waals surface area (Å²) in [6.45, 7) is 4.23. The quantitative estimate of drug-likeness (QED) is 0.383. The van der Waals surface area contributed by atoms with Gasteiger partial charge >= 0.3 is 5.97 Å². The number of amides is 1. The van der Waals surface area contributed by atoms with Gasteiger partial charge in [-0.2, -0.15) is 5.26 Å². The van der Waals surface area contributed by atoms with Crippen molar-refractivity contribution in [2.24, 2.45) is 0 Å². The van der Waals surface area contributed by atoms with Crippen LogP contribution in [0.2, 0.25) is 0 Å². The van der Waals surface area contributed by atoms with Gasteiger partial charge in [-0.3, -0.25) is 4.79 Å². The van der Waals surface area contributed by atoms with Crippen LogP contribution < -0.4 is 10.1 Å². The van der Waals surface area contributed by atoms with Gasteiger partial charge in [0.15, 0.2) is 11.5 Å². The van der Waals surface area contributed by atoms with Crippen molar-refractivity contribution >= 4 is 17.6 Å². The zero-order valence-corrected chi connectivity index (χ0v) is 18.4. The van der Waals surface area contributed by atoms with E-state index in [1.807, 2.05) is 13.0 Å². The number of benzene rings is 2. The summed E-state index contributed by atoms with van der Waals surface area (Å²) in [6.07, 6.45) is 0. The highest BCUT2D eigenvalue weighted by Crippen LogP contribution is 2.30. The molecule has 0 saturated carbocycles. The number of nitrogens with zero attached hydrogens (tertiary/aromatic N) is 2. The molecule has 2 N–H and O–H groups in total. The van der Waals surface area contributed by atoms with E-state index in [1.54, 1.807) is 24.3 Å². The zero-order valence-electron chi connectivity index (χ0n) is 18.4. The molecule has 0 aliphatic carbocycles. The Labute approximate surface area is 195 Å². The maximum Gasteiger partial charge on any atom is 0.337 e. The van der Waals surface area contributed by atoms with Crippen LogP contribution in [0.3, 0.4) is 0 Å². The third-order valence-corrected chi connectivity index (χ3v) is 4.58. The van der Waals surface area contributed by atoms with E-state index in [1.165, 1.54) is 24.3 Å². The fourth-order valence-electron chi connectivity index (χ4n) is 2.97. The topological polar surface area (TPSA) is 144 Å². The van der Waals surface area contributed by atoms with Gasteiger partial charge in [0, 0.05) is 12.7 Å². The van der Waals surface area contributed by atoms with Crippen molar-refractivity contribution in [1.29, 1.82) is 5.26 Å². The number of carbonyl (C=O) groups is 2. The second-order valence-corrected chi connectivity index (χ2v) is 6.86. The lowest BCUT2D eigenvalue weighted by Crippen LogP contribution is -2.15. The molecular formula is C24H23N3O7. The predicted octanol–water partition coefficient (Wildman–Crippen LogP) is 3.60. The van der Waals surface area contributed by atoms with Crippen molar-refractivity contribution < 1.29 is 33.4 Å². The Hall–Kier alpha value is -4.20. The fourth-order valence-corrected chi connectivity index (χ4v) is 2.97. The van der Waals surface area contributed by atoms with Gasteiger partial charge in [-0.25, -0.2) is 4.79 Å². The highest BCUT2D eigenvalue weighted by atomic mass is 16.5. The lowest BCUT2D eigenvalue weighted by Gasteiger charge is -2.10. The average molecular weight is 465 g/mol. The molecule has 0 unspecified atom stereocenters. The molecule has 3 rings (SSSR count). The van der Waals surface area contributed by atoms with E-state index < -0.39 is 11.9 Å². The van der Waals surface area contributed by atoms with Crippen molar-refractivity contribution in [2.75, 3.05) is 38.4 Å². The first-order valence-electron chi connectivity index (χ1n) is 10.5. The molecule has 2 aromatic carbocycles. The van der Waals surface area contributed by atoms with Gasteiger partial charge < -0.3 is 29.2 Å². The molecular weight excluding hydrogens is 442 g/mol. The smallest absolute Gasteiger partial charge is 0.337 e. The largest absolute Gasteiger partial charge is 0.490 e. The summed E-state index contributed by atoms with van der Waals surface area (Å²) in [5.74, 6) is -1.11. The van der Waals surface area contributed by atoms with Crippen molar-refractivity contribution in [1.82, 2.24) is 5.16 Å². The molecule has 1 amide bonds. The highest BCUT2D eigenvalue weighted by Gasteiger charge is 2.19. The molecule has 0 spiro atoms. The number of carboxylic acid groups (broad SMARTS) is 1. The summed E-state index contributed by atoms with van der Waals surface area (Å²) in [5, 5.41) is 24.6. The average Bonchev–Trinajstić information content (AvgIpc) is 3.34. The van der Waals surface area contributed by atoms with E-state index in [9.17, 15) is 14.7 Å². The van der Waals surface area contributed by atoms with Gasteiger partial charge in [0.1, 0.15) is 12.4 Å². The second kappa shape index (κ2) is 12.2. The third-order valence-electron chi connectivity index (χ3n) is 4.58. The molecule has 0 bridgehead atoms. The van der Waals surface area contributed by atoms with Crippen molar-refractivity contribution in [3.05, 3.63) is 65.4 Å². The van der Waals surface area contributed by atoms with Crippen LogP contribution >= 0.6 is 0 Å².